The second kappa shape index (κ2) is 6.27. The molecule has 0 aliphatic rings. The first kappa shape index (κ1) is 12.7. The Kier molecular flexibility index (Phi) is 4.69. The van der Waals surface area contributed by atoms with Crippen LogP contribution in [0.5, 0.6) is 0 Å². The molecular formula is C13H13NO3. The van der Waals surface area contributed by atoms with E-state index in [2.05, 4.69) is 4.74 Å². The lowest BCUT2D eigenvalue weighted by Crippen LogP contribution is -2.09. The Balaban J connectivity index is 2.53. The summed E-state index contributed by atoms with van der Waals surface area (Å²) in [5, 5.41) is 0. The second-order valence-corrected chi connectivity index (χ2v) is 3.37. The van der Waals surface area contributed by atoms with Crippen molar-refractivity contribution in [2.75, 3.05) is 0 Å². The lowest BCUT2D eigenvalue weighted by Gasteiger charge is -1.95. The molecule has 4 heteroatoms. The zero-order valence-electron chi connectivity index (χ0n) is 9.42. The molecular weight excluding hydrogens is 218 g/mol. The van der Waals surface area contributed by atoms with E-state index < -0.39 is 11.9 Å². The number of ether oxygens (including phenoxy) is 1. The van der Waals surface area contributed by atoms with Crippen molar-refractivity contribution in [3.05, 3.63) is 53.7 Å². The van der Waals surface area contributed by atoms with Gasteiger partial charge in [-0.15, -0.1) is 0 Å². The highest BCUT2D eigenvalue weighted by molar-refractivity contribution is 5.98. The topological polar surface area (TPSA) is 69.4 Å². The van der Waals surface area contributed by atoms with Crippen LogP contribution in [-0.2, 0) is 14.3 Å². The minimum atomic E-state index is -0.771. The van der Waals surface area contributed by atoms with Crippen LogP contribution in [0.4, 0.5) is 0 Å². The number of esters is 2. The standard InChI is InChI=1S/C13H13NO3/c1-10(14)9-13(16)17-12(15)8-7-11-5-3-2-4-6-11/h2-9H,14H2,1H3/b8-7+,10-9-. The molecule has 0 unspecified atom stereocenters. The quantitative estimate of drug-likeness (QED) is 0.487. The molecule has 4 nitrogen and oxygen atoms in total. The predicted octanol–water partition coefficient (Wildman–Crippen LogP) is 1.63. The van der Waals surface area contributed by atoms with Gasteiger partial charge in [0.05, 0.1) is 0 Å². The van der Waals surface area contributed by atoms with Crippen LogP contribution < -0.4 is 5.73 Å². The number of hydrogen-bond donors (Lipinski definition) is 1. The van der Waals surface area contributed by atoms with Crippen LogP contribution in [0.1, 0.15) is 12.5 Å². The van der Waals surface area contributed by atoms with E-state index >= 15 is 0 Å². The summed E-state index contributed by atoms with van der Waals surface area (Å²) in [6.07, 6.45) is 3.80. The lowest BCUT2D eigenvalue weighted by molar-refractivity contribution is -0.152. The van der Waals surface area contributed by atoms with E-state index in [0.717, 1.165) is 11.6 Å². The first-order chi connectivity index (χ1) is 8.08. The third-order valence-corrected chi connectivity index (χ3v) is 1.76. The van der Waals surface area contributed by atoms with Gasteiger partial charge in [-0.05, 0) is 18.6 Å². The van der Waals surface area contributed by atoms with E-state index in [4.69, 9.17) is 5.73 Å². The Morgan fingerprint density at radius 3 is 2.41 bits per heavy atom. The maximum absolute atomic E-state index is 11.2. The van der Waals surface area contributed by atoms with Gasteiger partial charge in [0.1, 0.15) is 0 Å². The number of carbonyl (C=O) groups is 2. The average Bonchev–Trinajstić information content (AvgIpc) is 2.26. The lowest BCUT2D eigenvalue weighted by atomic mass is 10.2. The van der Waals surface area contributed by atoms with E-state index in [1.54, 1.807) is 6.08 Å². The molecule has 0 amide bonds. The van der Waals surface area contributed by atoms with Crippen LogP contribution in [0.3, 0.4) is 0 Å². The molecule has 0 aromatic heterocycles. The summed E-state index contributed by atoms with van der Waals surface area (Å²) in [7, 11) is 0. The minimum absolute atomic E-state index is 0.287. The summed E-state index contributed by atoms with van der Waals surface area (Å²) >= 11 is 0. The van der Waals surface area contributed by atoms with Gasteiger partial charge in [0.2, 0.25) is 0 Å². The summed E-state index contributed by atoms with van der Waals surface area (Å²) in [5.74, 6) is -1.50. The highest BCUT2D eigenvalue weighted by Crippen LogP contribution is 2.01. The molecule has 88 valence electrons. The van der Waals surface area contributed by atoms with Gasteiger partial charge in [0.15, 0.2) is 0 Å². The van der Waals surface area contributed by atoms with E-state index in [1.165, 1.54) is 13.0 Å². The van der Waals surface area contributed by atoms with Crippen LogP contribution in [0.2, 0.25) is 0 Å². The van der Waals surface area contributed by atoms with Gasteiger partial charge < -0.3 is 10.5 Å². The Hall–Kier alpha value is -2.36. The third-order valence-electron chi connectivity index (χ3n) is 1.76. The molecule has 0 fully saturated rings. The molecule has 2 N–H and O–H groups in total. The van der Waals surface area contributed by atoms with Crippen molar-refractivity contribution in [3.63, 3.8) is 0 Å². The summed E-state index contributed by atoms with van der Waals surface area (Å²) in [5.41, 5.74) is 6.40. The predicted molar refractivity (Wildman–Crippen MR) is 64.5 cm³/mol. The SMILES string of the molecule is C/C(N)=C/C(=O)OC(=O)/C=C/c1ccccc1. The van der Waals surface area contributed by atoms with E-state index in [9.17, 15) is 9.59 Å². The summed E-state index contributed by atoms with van der Waals surface area (Å²) in [4.78, 5) is 22.3. The molecule has 1 aromatic rings. The van der Waals surface area contributed by atoms with Crippen molar-refractivity contribution >= 4 is 18.0 Å². The average molecular weight is 231 g/mol. The summed E-state index contributed by atoms with van der Waals surface area (Å²) in [6, 6.07) is 9.21. The number of carbonyl (C=O) groups excluding carboxylic acids is 2. The second-order valence-electron chi connectivity index (χ2n) is 3.37. The van der Waals surface area contributed by atoms with Crippen LogP contribution in [-0.4, -0.2) is 11.9 Å². The van der Waals surface area contributed by atoms with Crippen molar-refractivity contribution < 1.29 is 14.3 Å². The molecule has 0 aliphatic heterocycles. The molecule has 0 atom stereocenters. The largest absolute Gasteiger partial charge is 0.402 e. The number of rotatable bonds is 3. The Labute approximate surface area is 99.4 Å². The van der Waals surface area contributed by atoms with Crippen molar-refractivity contribution in [2.24, 2.45) is 5.73 Å². The van der Waals surface area contributed by atoms with Gasteiger partial charge in [-0.3, -0.25) is 0 Å². The first-order valence-electron chi connectivity index (χ1n) is 5.00. The van der Waals surface area contributed by atoms with Crippen molar-refractivity contribution in [1.82, 2.24) is 0 Å². The van der Waals surface area contributed by atoms with Gasteiger partial charge in [-0.2, -0.15) is 0 Å². The third kappa shape index (κ3) is 5.32. The van der Waals surface area contributed by atoms with E-state index in [-0.39, 0.29) is 5.70 Å². The molecule has 0 aliphatic carbocycles. The highest BCUT2D eigenvalue weighted by Gasteiger charge is 2.03. The van der Waals surface area contributed by atoms with Gasteiger partial charge in [0, 0.05) is 17.8 Å². The fraction of sp³-hybridized carbons (Fsp3) is 0.0769. The van der Waals surface area contributed by atoms with Gasteiger partial charge in [-0.25, -0.2) is 9.59 Å². The molecule has 1 aromatic carbocycles. The smallest absolute Gasteiger partial charge is 0.340 e. The van der Waals surface area contributed by atoms with Crippen molar-refractivity contribution in [3.8, 4) is 0 Å². The molecule has 17 heavy (non-hydrogen) atoms. The molecule has 0 heterocycles. The zero-order valence-corrected chi connectivity index (χ0v) is 9.42. The van der Waals surface area contributed by atoms with E-state index in [0.29, 0.717) is 0 Å². The van der Waals surface area contributed by atoms with Crippen molar-refractivity contribution in [1.29, 1.82) is 0 Å². The van der Waals surface area contributed by atoms with Gasteiger partial charge in [-0.1, -0.05) is 30.3 Å². The molecule has 0 spiro atoms. The molecule has 0 radical (unpaired) electrons. The van der Waals surface area contributed by atoms with Gasteiger partial charge in [0.25, 0.3) is 0 Å². The Morgan fingerprint density at radius 2 is 1.82 bits per heavy atom. The van der Waals surface area contributed by atoms with Crippen LogP contribution in [0, 0.1) is 0 Å². The normalized spacial score (nSPS) is 11.5. The molecule has 0 saturated heterocycles. The first-order valence-corrected chi connectivity index (χ1v) is 5.00. The summed E-state index contributed by atoms with van der Waals surface area (Å²) in [6.45, 7) is 1.53. The van der Waals surface area contributed by atoms with Crippen LogP contribution >= 0.6 is 0 Å². The van der Waals surface area contributed by atoms with Gasteiger partial charge >= 0.3 is 11.9 Å². The van der Waals surface area contributed by atoms with Crippen LogP contribution in [0.15, 0.2) is 48.2 Å². The van der Waals surface area contributed by atoms with Crippen molar-refractivity contribution in [2.45, 2.75) is 6.92 Å². The number of nitrogens with two attached hydrogens (primary N) is 1. The zero-order chi connectivity index (χ0) is 12.7. The molecule has 0 saturated carbocycles. The maximum Gasteiger partial charge on any atom is 0.340 e. The fourth-order valence-electron chi connectivity index (χ4n) is 1.08. The fourth-order valence-corrected chi connectivity index (χ4v) is 1.08. The Bertz CT molecular complexity index is 457. The van der Waals surface area contributed by atoms with Crippen LogP contribution in [0.25, 0.3) is 6.08 Å². The monoisotopic (exact) mass is 231 g/mol. The maximum atomic E-state index is 11.2. The number of benzene rings is 1. The number of hydrogen-bond acceptors (Lipinski definition) is 4. The minimum Gasteiger partial charge on any atom is -0.402 e. The highest BCUT2D eigenvalue weighted by atomic mass is 16.6. The Morgan fingerprint density at radius 1 is 1.18 bits per heavy atom. The van der Waals surface area contributed by atoms with E-state index in [1.807, 2.05) is 30.3 Å². The molecule has 0 bridgehead atoms. The molecule has 1 rings (SSSR count). The summed E-state index contributed by atoms with van der Waals surface area (Å²) < 4.78 is 4.46. The number of allylic oxidation sites excluding steroid dienone is 1.